The van der Waals surface area contributed by atoms with Crippen molar-refractivity contribution in [3.63, 3.8) is 0 Å². The number of piperidine rings is 1. The molecule has 1 aromatic heterocycles. The minimum atomic E-state index is 0.0423. The Labute approximate surface area is 143 Å². The highest BCUT2D eigenvalue weighted by Gasteiger charge is 2.50. The third-order valence-corrected chi connectivity index (χ3v) is 6.44. The molecule has 6 heteroatoms. The molecule has 0 radical (unpaired) electrons. The van der Waals surface area contributed by atoms with Crippen molar-refractivity contribution < 1.29 is 4.79 Å². The molecule has 1 amide bonds. The van der Waals surface area contributed by atoms with Crippen molar-refractivity contribution in [2.45, 2.75) is 44.2 Å². The minimum absolute atomic E-state index is 0.0423. The van der Waals surface area contributed by atoms with Crippen LogP contribution in [0.1, 0.15) is 32.1 Å². The average molecular weight is 329 g/mol. The van der Waals surface area contributed by atoms with Crippen LogP contribution in [0.2, 0.25) is 0 Å². The minimum Gasteiger partial charge on any atom is -0.353 e. The lowest BCUT2D eigenvalue weighted by Crippen LogP contribution is -2.53. The SMILES string of the molecule is CN(C(=O)C1C2CCC(C2)C1N)C1CCCN(c2cccnn2)C1. The Morgan fingerprint density at radius 2 is 2.17 bits per heavy atom. The highest BCUT2D eigenvalue weighted by molar-refractivity contribution is 5.80. The average Bonchev–Trinajstić information content (AvgIpc) is 3.22. The molecule has 6 nitrogen and oxygen atoms in total. The Hall–Kier alpha value is -1.69. The number of anilines is 1. The van der Waals surface area contributed by atoms with E-state index in [4.69, 9.17) is 5.73 Å². The van der Waals surface area contributed by atoms with Crippen molar-refractivity contribution in [2.24, 2.45) is 23.5 Å². The molecule has 5 unspecified atom stereocenters. The van der Waals surface area contributed by atoms with E-state index in [2.05, 4.69) is 15.1 Å². The molecular formula is C18H27N5O. The lowest BCUT2D eigenvalue weighted by Gasteiger charge is -2.40. The molecule has 5 atom stereocenters. The van der Waals surface area contributed by atoms with Crippen LogP contribution in [0.3, 0.4) is 0 Å². The Balaban J connectivity index is 1.44. The van der Waals surface area contributed by atoms with Gasteiger partial charge in [-0.15, -0.1) is 5.10 Å². The first kappa shape index (κ1) is 15.8. The summed E-state index contributed by atoms with van der Waals surface area (Å²) >= 11 is 0. The van der Waals surface area contributed by atoms with Gasteiger partial charge in [-0.25, -0.2) is 0 Å². The van der Waals surface area contributed by atoms with E-state index in [1.165, 1.54) is 12.8 Å². The quantitative estimate of drug-likeness (QED) is 0.904. The fourth-order valence-corrected chi connectivity index (χ4v) is 5.06. The maximum atomic E-state index is 13.1. The molecular weight excluding hydrogens is 302 g/mol. The van der Waals surface area contributed by atoms with Gasteiger partial charge in [0.2, 0.25) is 5.91 Å². The lowest BCUT2D eigenvalue weighted by atomic mass is 9.83. The van der Waals surface area contributed by atoms with Crippen LogP contribution < -0.4 is 10.6 Å². The van der Waals surface area contributed by atoms with Gasteiger partial charge < -0.3 is 15.5 Å². The number of fused-ring (bicyclic) bond motifs is 2. The molecule has 2 bridgehead atoms. The molecule has 1 aromatic rings. The number of nitrogens with two attached hydrogens (primary N) is 1. The lowest BCUT2D eigenvalue weighted by molar-refractivity contribution is -0.138. The molecule has 2 heterocycles. The Bertz CT molecular complexity index is 592. The molecule has 3 aliphatic rings. The highest BCUT2D eigenvalue weighted by atomic mass is 16.2. The summed E-state index contributed by atoms with van der Waals surface area (Å²) in [6.45, 7) is 1.81. The standard InChI is InChI=1S/C18H27N5O/c1-22(18(24)16-12-6-7-13(10-12)17(16)19)14-4-3-9-23(11-14)15-5-2-8-20-21-15/h2,5,8,12-14,16-17H,3-4,6-7,9-11,19H2,1H3. The number of hydrogen-bond donors (Lipinski definition) is 1. The molecule has 0 aromatic carbocycles. The summed E-state index contributed by atoms with van der Waals surface area (Å²) < 4.78 is 0. The summed E-state index contributed by atoms with van der Waals surface area (Å²) in [7, 11) is 1.96. The van der Waals surface area contributed by atoms with E-state index in [0.29, 0.717) is 11.8 Å². The molecule has 2 aliphatic carbocycles. The number of aromatic nitrogens is 2. The van der Waals surface area contributed by atoms with E-state index in [9.17, 15) is 4.79 Å². The van der Waals surface area contributed by atoms with Crippen LogP contribution in [0.15, 0.2) is 18.3 Å². The predicted molar refractivity (Wildman–Crippen MR) is 92.3 cm³/mol. The molecule has 1 saturated heterocycles. The van der Waals surface area contributed by atoms with E-state index in [1.807, 2.05) is 24.1 Å². The predicted octanol–water partition coefficient (Wildman–Crippen LogP) is 1.28. The number of likely N-dealkylation sites (N-methyl/N-ethyl adjacent to an activating group) is 1. The molecule has 130 valence electrons. The van der Waals surface area contributed by atoms with Gasteiger partial charge >= 0.3 is 0 Å². The van der Waals surface area contributed by atoms with Crippen LogP contribution >= 0.6 is 0 Å². The van der Waals surface area contributed by atoms with E-state index >= 15 is 0 Å². The van der Waals surface area contributed by atoms with Gasteiger partial charge in [0.05, 0.1) is 5.92 Å². The Morgan fingerprint density at radius 1 is 1.33 bits per heavy atom. The zero-order valence-electron chi connectivity index (χ0n) is 14.3. The topological polar surface area (TPSA) is 75.3 Å². The van der Waals surface area contributed by atoms with Gasteiger partial charge in [-0.3, -0.25) is 4.79 Å². The van der Waals surface area contributed by atoms with E-state index in [-0.39, 0.29) is 23.9 Å². The summed E-state index contributed by atoms with van der Waals surface area (Å²) in [6.07, 6.45) is 7.36. The van der Waals surface area contributed by atoms with E-state index in [0.717, 1.165) is 38.2 Å². The maximum absolute atomic E-state index is 13.1. The third kappa shape index (κ3) is 2.66. The number of nitrogens with zero attached hydrogens (tertiary/aromatic N) is 4. The second-order valence-corrected chi connectivity index (χ2v) is 7.71. The van der Waals surface area contributed by atoms with Crippen molar-refractivity contribution in [3.8, 4) is 0 Å². The zero-order chi connectivity index (χ0) is 16.7. The second kappa shape index (κ2) is 6.31. The van der Waals surface area contributed by atoms with Crippen LogP contribution in [0.25, 0.3) is 0 Å². The summed E-state index contributed by atoms with van der Waals surface area (Å²) in [4.78, 5) is 17.3. The van der Waals surface area contributed by atoms with Crippen LogP contribution in [0.5, 0.6) is 0 Å². The van der Waals surface area contributed by atoms with Crippen LogP contribution in [-0.2, 0) is 4.79 Å². The first-order valence-corrected chi connectivity index (χ1v) is 9.20. The van der Waals surface area contributed by atoms with Crippen LogP contribution in [0.4, 0.5) is 5.82 Å². The van der Waals surface area contributed by atoms with Crippen LogP contribution in [0, 0.1) is 17.8 Å². The molecule has 1 aliphatic heterocycles. The van der Waals surface area contributed by atoms with E-state index in [1.54, 1.807) is 6.20 Å². The van der Waals surface area contributed by atoms with Gasteiger partial charge in [-0.1, -0.05) is 0 Å². The van der Waals surface area contributed by atoms with Gasteiger partial charge in [-0.2, -0.15) is 5.10 Å². The zero-order valence-corrected chi connectivity index (χ0v) is 14.3. The van der Waals surface area contributed by atoms with Gasteiger partial charge in [0.1, 0.15) is 0 Å². The summed E-state index contributed by atoms with van der Waals surface area (Å²) in [5.41, 5.74) is 6.37. The van der Waals surface area contributed by atoms with Gasteiger partial charge in [-0.05, 0) is 56.1 Å². The molecule has 24 heavy (non-hydrogen) atoms. The number of rotatable bonds is 3. The van der Waals surface area contributed by atoms with Gasteiger partial charge in [0.25, 0.3) is 0 Å². The molecule has 2 N–H and O–H groups in total. The summed E-state index contributed by atoms with van der Waals surface area (Å²) in [5.74, 6) is 2.29. The highest BCUT2D eigenvalue weighted by Crippen LogP contribution is 2.48. The molecule has 4 rings (SSSR count). The molecule has 0 spiro atoms. The number of carbonyl (C=O) groups is 1. The normalized spacial score (nSPS) is 35.2. The van der Waals surface area contributed by atoms with Gasteiger partial charge in [0.15, 0.2) is 5.82 Å². The summed E-state index contributed by atoms with van der Waals surface area (Å²) in [5, 5.41) is 8.19. The van der Waals surface area contributed by atoms with Crippen molar-refractivity contribution in [2.75, 3.05) is 25.0 Å². The largest absolute Gasteiger partial charge is 0.353 e. The first-order valence-electron chi connectivity index (χ1n) is 9.20. The molecule has 2 saturated carbocycles. The Morgan fingerprint density at radius 3 is 2.88 bits per heavy atom. The third-order valence-electron chi connectivity index (χ3n) is 6.44. The van der Waals surface area contributed by atoms with Crippen molar-refractivity contribution in [1.29, 1.82) is 0 Å². The fourth-order valence-electron chi connectivity index (χ4n) is 5.06. The number of amides is 1. The van der Waals surface area contributed by atoms with E-state index < -0.39 is 0 Å². The van der Waals surface area contributed by atoms with Gasteiger partial charge in [0, 0.05) is 38.4 Å². The van der Waals surface area contributed by atoms with Crippen LogP contribution in [-0.4, -0.2) is 53.2 Å². The Kier molecular flexibility index (Phi) is 4.16. The number of hydrogen-bond acceptors (Lipinski definition) is 5. The van der Waals surface area contributed by atoms with Crippen molar-refractivity contribution >= 4 is 11.7 Å². The maximum Gasteiger partial charge on any atom is 0.227 e. The fraction of sp³-hybridized carbons (Fsp3) is 0.722. The smallest absolute Gasteiger partial charge is 0.227 e. The first-order chi connectivity index (χ1) is 11.6. The number of carbonyl (C=O) groups excluding carboxylic acids is 1. The monoisotopic (exact) mass is 329 g/mol. The van der Waals surface area contributed by atoms with Crippen molar-refractivity contribution in [3.05, 3.63) is 18.3 Å². The second-order valence-electron chi connectivity index (χ2n) is 7.71. The van der Waals surface area contributed by atoms with Crippen molar-refractivity contribution in [1.82, 2.24) is 15.1 Å². The molecule has 3 fully saturated rings. The summed E-state index contributed by atoms with van der Waals surface area (Å²) in [6, 6.07) is 4.20.